The summed E-state index contributed by atoms with van der Waals surface area (Å²) in [7, 11) is 0. The molecule has 0 unspecified atom stereocenters. The summed E-state index contributed by atoms with van der Waals surface area (Å²) in [5.41, 5.74) is -0.112. The van der Waals surface area contributed by atoms with E-state index in [1.807, 2.05) is 0 Å². The average molecular weight is 225 g/mol. The summed E-state index contributed by atoms with van der Waals surface area (Å²) in [6.07, 6.45) is 0.808. The Balaban J connectivity index is 2.11. The molecule has 1 amide bonds. The van der Waals surface area contributed by atoms with E-state index in [-0.39, 0.29) is 17.4 Å². The summed E-state index contributed by atoms with van der Waals surface area (Å²) in [6, 6.07) is 2.87. The highest BCUT2D eigenvalue weighted by Crippen LogP contribution is 2.22. The third-order valence-corrected chi connectivity index (χ3v) is 2.76. The minimum atomic E-state index is -0.586. The van der Waals surface area contributed by atoms with E-state index in [0.717, 1.165) is 18.2 Å². The summed E-state index contributed by atoms with van der Waals surface area (Å²) in [6.45, 7) is 0. The zero-order valence-electron chi connectivity index (χ0n) is 8.48. The van der Waals surface area contributed by atoms with Crippen LogP contribution in [0.25, 0.3) is 0 Å². The van der Waals surface area contributed by atoms with Crippen molar-refractivity contribution in [2.75, 3.05) is 0 Å². The number of phenolic OH excluding ortho intramolecular Hbond substituents is 1. The number of phenols is 1. The highest BCUT2D eigenvalue weighted by molar-refractivity contribution is 5.97. The van der Waals surface area contributed by atoms with Crippen LogP contribution >= 0.6 is 0 Å². The highest BCUT2D eigenvalue weighted by Gasteiger charge is 2.30. The van der Waals surface area contributed by atoms with Gasteiger partial charge >= 0.3 is 0 Å². The minimum absolute atomic E-state index is 0.112. The van der Waals surface area contributed by atoms with Gasteiger partial charge in [-0.05, 0) is 31.0 Å². The number of aliphatic hydroxyl groups is 1. The molecular formula is C11H12FNO3. The Kier molecular flexibility index (Phi) is 2.78. The maximum atomic E-state index is 12.9. The number of amides is 1. The van der Waals surface area contributed by atoms with Gasteiger partial charge in [-0.1, -0.05) is 0 Å². The van der Waals surface area contributed by atoms with Crippen molar-refractivity contribution in [2.45, 2.75) is 25.0 Å². The van der Waals surface area contributed by atoms with Gasteiger partial charge in [0.2, 0.25) is 0 Å². The van der Waals surface area contributed by atoms with Gasteiger partial charge in [0.25, 0.3) is 5.91 Å². The molecule has 0 aromatic heterocycles. The van der Waals surface area contributed by atoms with Gasteiger partial charge in [0, 0.05) is 0 Å². The standard InChI is InChI=1S/C11H12FNO3/c12-6-1-3-9(14)7(5-6)11(16)13-8-2-4-10(8)15/h1,3,5,8,10,14-15H,2,4H2,(H,13,16)/t8-,10-/m1/s1. The van der Waals surface area contributed by atoms with Crippen LogP contribution in [0.4, 0.5) is 4.39 Å². The molecule has 2 rings (SSSR count). The number of hydrogen-bond acceptors (Lipinski definition) is 3. The van der Waals surface area contributed by atoms with Gasteiger partial charge < -0.3 is 15.5 Å². The number of halogens is 1. The summed E-state index contributed by atoms with van der Waals surface area (Å²) in [4.78, 5) is 11.6. The fraction of sp³-hybridized carbons (Fsp3) is 0.364. The molecule has 0 spiro atoms. The average Bonchev–Trinajstić information content (AvgIpc) is 2.26. The van der Waals surface area contributed by atoms with Crippen molar-refractivity contribution in [3.05, 3.63) is 29.6 Å². The van der Waals surface area contributed by atoms with E-state index in [4.69, 9.17) is 0 Å². The van der Waals surface area contributed by atoms with E-state index in [9.17, 15) is 19.4 Å². The molecule has 0 heterocycles. The molecular weight excluding hydrogens is 213 g/mol. The third kappa shape index (κ3) is 1.99. The number of carbonyl (C=O) groups excluding carboxylic acids is 1. The van der Waals surface area contributed by atoms with Gasteiger partial charge in [0.15, 0.2) is 0 Å². The van der Waals surface area contributed by atoms with Gasteiger partial charge in [-0.25, -0.2) is 4.39 Å². The lowest BCUT2D eigenvalue weighted by atomic mass is 9.89. The predicted octanol–water partition coefficient (Wildman–Crippen LogP) is 0.784. The zero-order valence-corrected chi connectivity index (χ0v) is 8.48. The van der Waals surface area contributed by atoms with Crippen LogP contribution in [-0.2, 0) is 0 Å². The van der Waals surface area contributed by atoms with E-state index >= 15 is 0 Å². The number of carbonyl (C=O) groups is 1. The number of aliphatic hydroxyl groups excluding tert-OH is 1. The van der Waals surface area contributed by atoms with E-state index in [1.54, 1.807) is 0 Å². The first-order chi connectivity index (χ1) is 7.58. The van der Waals surface area contributed by atoms with Crippen LogP contribution in [0.5, 0.6) is 5.75 Å². The molecule has 2 atom stereocenters. The Labute approximate surface area is 91.7 Å². The molecule has 3 N–H and O–H groups in total. The first-order valence-electron chi connectivity index (χ1n) is 5.05. The Morgan fingerprint density at radius 2 is 2.19 bits per heavy atom. The molecule has 0 radical (unpaired) electrons. The summed E-state index contributed by atoms with van der Waals surface area (Å²) >= 11 is 0. The van der Waals surface area contributed by atoms with E-state index in [0.29, 0.717) is 12.8 Å². The normalized spacial score (nSPS) is 23.6. The van der Waals surface area contributed by atoms with Gasteiger partial charge in [0.05, 0.1) is 17.7 Å². The summed E-state index contributed by atoms with van der Waals surface area (Å²) in [5.74, 6) is -1.43. The Bertz CT molecular complexity index is 422. The quantitative estimate of drug-likeness (QED) is 0.696. The topological polar surface area (TPSA) is 69.6 Å². The van der Waals surface area contributed by atoms with Crippen molar-refractivity contribution in [2.24, 2.45) is 0 Å². The van der Waals surface area contributed by atoms with Crippen LogP contribution in [-0.4, -0.2) is 28.3 Å². The molecule has 1 saturated carbocycles. The maximum absolute atomic E-state index is 12.9. The van der Waals surface area contributed by atoms with E-state index < -0.39 is 17.8 Å². The lowest BCUT2D eigenvalue weighted by molar-refractivity contribution is 0.0446. The number of aromatic hydroxyl groups is 1. The smallest absolute Gasteiger partial charge is 0.255 e. The molecule has 5 heteroatoms. The molecule has 1 aliphatic rings. The van der Waals surface area contributed by atoms with Crippen molar-refractivity contribution in [1.82, 2.24) is 5.32 Å². The predicted molar refractivity (Wildman–Crippen MR) is 54.6 cm³/mol. The van der Waals surface area contributed by atoms with Gasteiger partial charge in [-0.2, -0.15) is 0 Å². The van der Waals surface area contributed by atoms with Crippen LogP contribution in [0.3, 0.4) is 0 Å². The lowest BCUT2D eigenvalue weighted by Gasteiger charge is -2.32. The third-order valence-electron chi connectivity index (χ3n) is 2.76. The fourth-order valence-corrected chi connectivity index (χ4v) is 1.59. The zero-order chi connectivity index (χ0) is 11.7. The van der Waals surface area contributed by atoms with Crippen LogP contribution in [0, 0.1) is 5.82 Å². The number of hydrogen-bond donors (Lipinski definition) is 3. The minimum Gasteiger partial charge on any atom is -0.507 e. The van der Waals surface area contributed by atoms with Crippen molar-refractivity contribution in [3.63, 3.8) is 0 Å². The molecule has 0 aliphatic heterocycles. The second kappa shape index (κ2) is 4.09. The molecule has 0 saturated heterocycles. The Morgan fingerprint density at radius 3 is 2.75 bits per heavy atom. The fourth-order valence-electron chi connectivity index (χ4n) is 1.59. The van der Waals surface area contributed by atoms with Crippen LogP contribution in [0.1, 0.15) is 23.2 Å². The van der Waals surface area contributed by atoms with Crippen molar-refractivity contribution in [3.8, 4) is 5.75 Å². The summed E-state index contributed by atoms with van der Waals surface area (Å²) < 4.78 is 12.9. The monoisotopic (exact) mass is 225 g/mol. The SMILES string of the molecule is O=C(N[C@@H]1CC[C@H]1O)c1cc(F)ccc1O. The molecule has 86 valence electrons. The highest BCUT2D eigenvalue weighted by atomic mass is 19.1. The van der Waals surface area contributed by atoms with Crippen molar-refractivity contribution >= 4 is 5.91 Å². The molecule has 1 aromatic rings. The van der Waals surface area contributed by atoms with Crippen LogP contribution in [0.2, 0.25) is 0 Å². The lowest BCUT2D eigenvalue weighted by Crippen LogP contribution is -2.50. The number of benzene rings is 1. The molecule has 1 fully saturated rings. The largest absolute Gasteiger partial charge is 0.507 e. The van der Waals surface area contributed by atoms with Crippen LogP contribution in [0.15, 0.2) is 18.2 Å². The van der Waals surface area contributed by atoms with Gasteiger partial charge in [-0.3, -0.25) is 4.79 Å². The second-order valence-corrected chi connectivity index (χ2v) is 3.89. The van der Waals surface area contributed by atoms with Crippen molar-refractivity contribution < 1.29 is 19.4 Å². The molecule has 16 heavy (non-hydrogen) atoms. The Morgan fingerprint density at radius 1 is 1.44 bits per heavy atom. The molecule has 0 bridgehead atoms. The second-order valence-electron chi connectivity index (χ2n) is 3.89. The maximum Gasteiger partial charge on any atom is 0.255 e. The molecule has 1 aromatic carbocycles. The van der Waals surface area contributed by atoms with Crippen molar-refractivity contribution in [1.29, 1.82) is 0 Å². The van der Waals surface area contributed by atoms with Crippen LogP contribution < -0.4 is 5.32 Å². The number of rotatable bonds is 2. The van der Waals surface area contributed by atoms with E-state index in [1.165, 1.54) is 0 Å². The van der Waals surface area contributed by atoms with E-state index in [2.05, 4.69) is 5.32 Å². The Hall–Kier alpha value is -1.62. The first kappa shape index (κ1) is 10.9. The van der Waals surface area contributed by atoms with Gasteiger partial charge in [0.1, 0.15) is 11.6 Å². The molecule has 1 aliphatic carbocycles. The first-order valence-corrected chi connectivity index (χ1v) is 5.05. The number of nitrogens with one attached hydrogen (secondary N) is 1. The van der Waals surface area contributed by atoms with Gasteiger partial charge in [-0.15, -0.1) is 0 Å². The molecule has 4 nitrogen and oxygen atoms in total. The summed E-state index contributed by atoms with van der Waals surface area (Å²) in [5, 5.41) is 21.2.